The molecule has 0 radical (unpaired) electrons. The van der Waals surface area contributed by atoms with Gasteiger partial charge >= 0.3 is 5.97 Å². The predicted octanol–water partition coefficient (Wildman–Crippen LogP) is 2.94. The van der Waals surface area contributed by atoms with Crippen LogP contribution in [-0.4, -0.2) is 30.9 Å². The fourth-order valence-electron chi connectivity index (χ4n) is 3.05. The van der Waals surface area contributed by atoms with Crippen molar-refractivity contribution < 1.29 is 23.9 Å². The number of esters is 1. The Labute approximate surface area is 157 Å². The topological polar surface area (TPSA) is 81.7 Å². The van der Waals surface area contributed by atoms with E-state index in [2.05, 4.69) is 5.32 Å². The second-order valence-corrected chi connectivity index (χ2v) is 6.38. The van der Waals surface area contributed by atoms with Crippen LogP contribution in [-0.2, 0) is 27.2 Å². The Hall–Kier alpha value is -3.15. The molecule has 0 fully saturated rings. The van der Waals surface area contributed by atoms with Crippen LogP contribution in [0.3, 0.4) is 0 Å². The van der Waals surface area contributed by atoms with E-state index in [4.69, 9.17) is 9.47 Å². The third kappa shape index (κ3) is 4.94. The van der Waals surface area contributed by atoms with Gasteiger partial charge in [-0.3, -0.25) is 9.59 Å². The van der Waals surface area contributed by atoms with Gasteiger partial charge in [0.2, 0.25) is 0 Å². The number of para-hydroxylation sites is 1. The van der Waals surface area contributed by atoms with Gasteiger partial charge in [-0.2, -0.15) is 0 Å². The number of amides is 1. The van der Waals surface area contributed by atoms with E-state index < -0.39 is 18.5 Å². The number of carbonyl (C=O) groups excluding carboxylic acids is 3. The Morgan fingerprint density at radius 3 is 2.59 bits per heavy atom. The lowest BCUT2D eigenvalue weighted by Crippen LogP contribution is -2.24. The number of ether oxygens (including phenoxy) is 2. The van der Waals surface area contributed by atoms with E-state index in [0.717, 1.165) is 19.3 Å². The molecule has 0 aliphatic heterocycles. The average molecular weight is 367 g/mol. The Kier molecular flexibility index (Phi) is 5.86. The fourth-order valence-corrected chi connectivity index (χ4v) is 3.05. The first-order valence-electron chi connectivity index (χ1n) is 8.83. The Morgan fingerprint density at radius 2 is 1.78 bits per heavy atom. The van der Waals surface area contributed by atoms with Crippen LogP contribution in [0.4, 0.5) is 5.69 Å². The van der Waals surface area contributed by atoms with Crippen LogP contribution in [0, 0.1) is 0 Å². The number of carbonyl (C=O) groups is 3. The minimum absolute atomic E-state index is 0.161. The molecule has 6 heteroatoms. The van der Waals surface area contributed by atoms with E-state index >= 15 is 0 Å². The third-order valence-electron chi connectivity index (χ3n) is 4.37. The molecule has 1 amide bonds. The number of Topliss-reactive ketones (excluding diaryl/α,β-unsaturated/α-hetero) is 1. The number of fused-ring (bicyclic) bond motifs is 1. The molecule has 1 aliphatic carbocycles. The van der Waals surface area contributed by atoms with Crippen molar-refractivity contribution in [2.75, 3.05) is 18.5 Å². The number of hydrogen-bond acceptors (Lipinski definition) is 5. The van der Waals surface area contributed by atoms with Crippen LogP contribution in [0.15, 0.2) is 42.5 Å². The normalized spacial score (nSPS) is 12.2. The molecule has 2 aromatic carbocycles. The summed E-state index contributed by atoms with van der Waals surface area (Å²) in [5.41, 5.74) is 3.37. The van der Waals surface area contributed by atoms with Crippen molar-refractivity contribution in [3.8, 4) is 5.75 Å². The van der Waals surface area contributed by atoms with Gasteiger partial charge in [0.15, 0.2) is 19.0 Å². The van der Waals surface area contributed by atoms with E-state index in [-0.39, 0.29) is 12.4 Å². The van der Waals surface area contributed by atoms with Gasteiger partial charge in [0.1, 0.15) is 5.75 Å². The molecule has 140 valence electrons. The molecular formula is C21H21NO5. The van der Waals surface area contributed by atoms with Crippen molar-refractivity contribution in [3.63, 3.8) is 0 Å². The molecule has 1 N–H and O–H groups in total. The molecular weight excluding hydrogens is 346 g/mol. The molecule has 0 unspecified atom stereocenters. The van der Waals surface area contributed by atoms with Gasteiger partial charge in [-0.1, -0.05) is 18.2 Å². The second-order valence-electron chi connectivity index (χ2n) is 6.38. The Morgan fingerprint density at radius 1 is 1.00 bits per heavy atom. The Bertz CT molecular complexity index is 875. The highest BCUT2D eigenvalue weighted by atomic mass is 16.6. The number of benzene rings is 2. The van der Waals surface area contributed by atoms with Gasteiger partial charge in [0.05, 0.1) is 5.69 Å². The summed E-state index contributed by atoms with van der Waals surface area (Å²) < 4.78 is 10.4. The molecule has 3 rings (SSSR count). The number of aryl methyl sites for hydroxylation is 2. The van der Waals surface area contributed by atoms with Crippen molar-refractivity contribution >= 4 is 23.3 Å². The number of ketones is 1. The van der Waals surface area contributed by atoms with Crippen molar-refractivity contribution in [2.45, 2.75) is 26.2 Å². The van der Waals surface area contributed by atoms with Gasteiger partial charge in [0, 0.05) is 5.56 Å². The number of rotatable bonds is 7. The molecule has 1 aliphatic rings. The molecule has 0 spiro atoms. The molecule has 0 aromatic heterocycles. The van der Waals surface area contributed by atoms with Crippen LogP contribution >= 0.6 is 0 Å². The van der Waals surface area contributed by atoms with E-state index in [1.807, 2.05) is 18.2 Å². The van der Waals surface area contributed by atoms with Crippen LogP contribution in [0.5, 0.6) is 5.75 Å². The zero-order chi connectivity index (χ0) is 19.2. The summed E-state index contributed by atoms with van der Waals surface area (Å²) in [6.45, 7) is 0.704. The second kappa shape index (κ2) is 8.49. The van der Waals surface area contributed by atoms with E-state index in [1.54, 1.807) is 24.3 Å². The van der Waals surface area contributed by atoms with Gasteiger partial charge < -0.3 is 14.8 Å². The third-order valence-corrected chi connectivity index (χ3v) is 4.37. The van der Waals surface area contributed by atoms with Crippen LogP contribution in [0.1, 0.15) is 34.8 Å². The van der Waals surface area contributed by atoms with Crippen molar-refractivity contribution in [1.29, 1.82) is 0 Å². The molecule has 0 saturated heterocycles. The highest BCUT2D eigenvalue weighted by Crippen LogP contribution is 2.26. The summed E-state index contributed by atoms with van der Waals surface area (Å²) in [6, 6.07) is 12.5. The van der Waals surface area contributed by atoms with E-state index in [0.29, 0.717) is 17.0 Å². The Balaban J connectivity index is 1.45. The lowest BCUT2D eigenvalue weighted by molar-refractivity contribution is -0.149. The maximum absolute atomic E-state index is 12.0. The molecule has 0 atom stereocenters. The van der Waals surface area contributed by atoms with E-state index in [1.165, 1.54) is 18.1 Å². The standard InChI is InChI=1S/C21H21NO5/c1-14(23)18-7-2-3-8-19(18)22-20(24)12-27-21(25)13-26-17-10-9-15-5-4-6-16(15)11-17/h2-3,7-11H,4-6,12-13H2,1H3,(H,22,24). The largest absolute Gasteiger partial charge is 0.482 e. The minimum Gasteiger partial charge on any atom is -0.482 e. The predicted molar refractivity (Wildman–Crippen MR) is 100.0 cm³/mol. The van der Waals surface area contributed by atoms with Gasteiger partial charge in [0.25, 0.3) is 5.91 Å². The molecule has 0 bridgehead atoms. The number of nitrogens with one attached hydrogen (secondary N) is 1. The van der Waals surface area contributed by atoms with Gasteiger partial charge in [-0.25, -0.2) is 4.79 Å². The van der Waals surface area contributed by atoms with Crippen molar-refractivity contribution in [1.82, 2.24) is 0 Å². The number of anilines is 1. The molecule has 0 heterocycles. The van der Waals surface area contributed by atoms with Crippen LogP contribution in [0.25, 0.3) is 0 Å². The summed E-state index contributed by atoms with van der Waals surface area (Å²) in [6.07, 6.45) is 3.25. The monoisotopic (exact) mass is 367 g/mol. The quantitative estimate of drug-likeness (QED) is 0.601. The molecule has 27 heavy (non-hydrogen) atoms. The average Bonchev–Trinajstić information content (AvgIpc) is 3.12. The summed E-state index contributed by atoms with van der Waals surface area (Å²) in [5, 5.41) is 2.57. The summed E-state index contributed by atoms with van der Waals surface area (Å²) >= 11 is 0. The van der Waals surface area contributed by atoms with Crippen molar-refractivity contribution in [2.24, 2.45) is 0 Å². The highest BCUT2D eigenvalue weighted by molar-refractivity contribution is 6.04. The maximum Gasteiger partial charge on any atom is 0.344 e. The number of hydrogen-bond donors (Lipinski definition) is 1. The summed E-state index contributed by atoms with van der Waals surface area (Å²) in [7, 11) is 0. The first kappa shape index (κ1) is 18.6. The van der Waals surface area contributed by atoms with Gasteiger partial charge in [-0.05, 0) is 61.6 Å². The van der Waals surface area contributed by atoms with Crippen LogP contribution < -0.4 is 10.1 Å². The smallest absolute Gasteiger partial charge is 0.344 e. The molecule has 2 aromatic rings. The van der Waals surface area contributed by atoms with Crippen molar-refractivity contribution in [3.05, 3.63) is 59.2 Å². The highest BCUT2D eigenvalue weighted by Gasteiger charge is 2.14. The lowest BCUT2D eigenvalue weighted by Gasteiger charge is -2.10. The SMILES string of the molecule is CC(=O)c1ccccc1NC(=O)COC(=O)COc1ccc2c(c1)CCC2. The zero-order valence-corrected chi connectivity index (χ0v) is 15.1. The lowest BCUT2D eigenvalue weighted by atomic mass is 10.1. The zero-order valence-electron chi connectivity index (χ0n) is 15.1. The molecule has 0 saturated carbocycles. The van der Waals surface area contributed by atoms with E-state index in [9.17, 15) is 14.4 Å². The fraction of sp³-hybridized carbons (Fsp3) is 0.286. The first-order chi connectivity index (χ1) is 13.0. The maximum atomic E-state index is 12.0. The minimum atomic E-state index is -0.634. The summed E-state index contributed by atoms with van der Waals surface area (Å²) in [5.74, 6) is -0.696. The first-order valence-corrected chi connectivity index (χ1v) is 8.83. The van der Waals surface area contributed by atoms with Crippen LogP contribution in [0.2, 0.25) is 0 Å². The summed E-state index contributed by atoms with van der Waals surface area (Å²) in [4.78, 5) is 35.3. The van der Waals surface area contributed by atoms with Gasteiger partial charge in [-0.15, -0.1) is 0 Å². The molecule has 6 nitrogen and oxygen atoms in total.